The summed E-state index contributed by atoms with van der Waals surface area (Å²) in [5.41, 5.74) is 0.567. The number of nitrogens with zero attached hydrogens (tertiary/aromatic N) is 3. The van der Waals surface area contributed by atoms with E-state index in [-0.39, 0.29) is 11.1 Å². The van der Waals surface area contributed by atoms with Crippen LogP contribution < -0.4 is 0 Å². The van der Waals surface area contributed by atoms with E-state index >= 15 is 0 Å². The normalized spacial score (nSPS) is 9.68. The van der Waals surface area contributed by atoms with Crippen molar-refractivity contribution in [2.24, 2.45) is 0 Å². The Bertz CT molecular complexity index is 1040. The van der Waals surface area contributed by atoms with Gasteiger partial charge in [-0.25, -0.2) is 0 Å². The number of nitriles is 3. The maximum Gasteiger partial charge on any atom is 0.148 e. The third-order valence-corrected chi connectivity index (χ3v) is 3.60. The van der Waals surface area contributed by atoms with Crippen LogP contribution in [0, 0.1) is 34.0 Å². The molecule has 0 aromatic heterocycles. The molecule has 0 saturated carbocycles. The van der Waals surface area contributed by atoms with Crippen molar-refractivity contribution in [3.05, 3.63) is 65.7 Å². The molecule has 3 aromatic carbocycles. The van der Waals surface area contributed by atoms with Crippen molar-refractivity contribution in [1.82, 2.24) is 0 Å². The fourth-order valence-electron chi connectivity index (χ4n) is 2.57. The van der Waals surface area contributed by atoms with Crippen molar-refractivity contribution in [2.75, 3.05) is 0 Å². The number of fused-ring (bicyclic) bond motifs is 2. The fraction of sp³-hybridized carbons (Fsp3) is 0. The minimum atomic E-state index is -0.164. The first-order chi connectivity index (χ1) is 10.8. The third kappa shape index (κ3) is 2.06. The van der Waals surface area contributed by atoms with Gasteiger partial charge in [-0.2, -0.15) is 15.8 Å². The van der Waals surface area contributed by atoms with Crippen LogP contribution in [0.3, 0.4) is 0 Å². The molecule has 0 N–H and O–H groups in total. The van der Waals surface area contributed by atoms with Crippen molar-refractivity contribution < 1.29 is 0 Å². The number of allylic oxidation sites excluding steroid dienone is 2. The van der Waals surface area contributed by atoms with E-state index in [1.807, 2.05) is 54.6 Å². The average Bonchev–Trinajstić information content (AvgIpc) is 2.57. The van der Waals surface area contributed by atoms with Gasteiger partial charge in [-0.3, -0.25) is 0 Å². The van der Waals surface area contributed by atoms with Crippen LogP contribution in [0.1, 0.15) is 5.56 Å². The van der Waals surface area contributed by atoms with Crippen molar-refractivity contribution >= 4 is 27.1 Å². The second kappa shape index (κ2) is 5.41. The summed E-state index contributed by atoms with van der Waals surface area (Å²) in [6.45, 7) is 0. The maximum absolute atomic E-state index is 9.37. The zero-order valence-electron chi connectivity index (χ0n) is 11.5. The molecule has 0 radical (unpaired) electrons. The van der Waals surface area contributed by atoms with Gasteiger partial charge in [0.25, 0.3) is 0 Å². The van der Waals surface area contributed by atoms with E-state index in [2.05, 4.69) is 0 Å². The van der Waals surface area contributed by atoms with E-state index < -0.39 is 0 Å². The van der Waals surface area contributed by atoms with Crippen LogP contribution in [0.4, 0.5) is 0 Å². The highest BCUT2D eigenvalue weighted by Gasteiger charge is 2.12. The van der Waals surface area contributed by atoms with Gasteiger partial charge in [0.05, 0.1) is 5.57 Å². The fourth-order valence-corrected chi connectivity index (χ4v) is 2.57. The minimum absolute atomic E-state index is 0.117. The molecule has 0 bridgehead atoms. The van der Waals surface area contributed by atoms with Crippen molar-refractivity contribution in [2.45, 2.75) is 0 Å². The molecule has 0 spiro atoms. The summed E-state index contributed by atoms with van der Waals surface area (Å²) in [6.07, 6.45) is 0. The van der Waals surface area contributed by atoms with Crippen molar-refractivity contribution in [3.8, 4) is 18.2 Å². The highest BCUT2D eigenvalue weighted by atomic mass is 14.3. The lowest BCUT2D eigenvalue weighted by Gasteiger charge is -2.07. The summed E-state index contributed by atoms with van der Waals surface area (Å²) < 4.78 is 0. The monoisotopic (exact) mass is 279 g/mol. The van der Waals surface area contributed by atoms with Crippen LogP contribution in [0.25, 0.3) is 27.1 Å². The quantitative estimate of drug-likeness (QED) is 0.492. The molecular weight excluding hydrogens is 270 g/mol. The summed E-state index contributed by atoms with van der Waals surface area (Å²) in [4.78, 5) is 0. The first kappa shape index (κ1) is 13.4. The smallest absolute Gasteiger partial charge is 0.148 e. The predicted molar refractivity (Wildman–Crippen MR) is 85.2 cm³/mol. The van der Waals surface area contributed by atoms with Gasteiger partial charge in [0.15, 0.2) is 0 Å². The highest BCUT2D eigenvalue weighted by Crippen LogP contribution is 2.30. The molecule has 0 amide bonds. The molecule has 0 unspecified atom stereocenters. The Morgan fingerprint density at radius 2 is 1.32 bits per heavy atom. The van der Waals surface area contributed by atoms with Gasteiger partial charge in [-0.1, -0.05) is 42.5 Å². The first-order valence-corrected chi connectivity index (χ1v) is 6.65. The lowest BCUT2D eigenvalue weighted by atomic mass is 9.94. The van der Waals surface area contributed by atoms with Gasteiger partial charge in [-0.05, 0) is 33.7 Å². The molecule has 3 heteroatoms. The largest absolute Gasteiger partial charge is 0.192 e. The van der Waals surface area contributed by atoms with Crippen LogP contribution in [-0.2, 0) is 0 Å². The topological polar surface area (TPSA) is 71.4 Å². The Labute approximate surface area is 127 Å². The van der Waals surface area contributed by atoms with Gasteiger partial charge >= 0.3 is 0 Å². The van der Waals surface area contributed by atoms with Crippen LogP contribution in [0.2, 0.25) is 0 Å². The molecule has 3 nitrogen and oxygen atoms in total. The van der Waals surface area contributed by atoms with E-state index in [1.165, 1.54) is 0 Å². The number of rotatable bonds is 1. The molecule has 0 aliphatic carbocycles. The first-order valence-electron chi connectivity index (χ1n) is 6.65. The standard InChI is InChI=1S/C19H9N3/c20-10-16(11-21)19(12-22)17-7-3-6-15-8-13-4-1-2-5-14(13)9-18(15)17/h1-9H. The van der Waals surface area contributed by atoms with Crippen molar-refractivity contribution in [3.63, 3.8) is 0 Å². The summed E-state index contributed by atoms with van der Waals surface area (Å²) in [5, 5.41) is 31.5. The molecule has 0 aliphatic rings. The Balaban J connectivity index is 2.44. The Morgan fingerprint density at radius 1 is 0.682 bits per heavy atom. The SMILES string of the molecule is N#CC(C#N)=C(C#N)c1cccc2cc3ccccc3cc12. The van der Waals surface area contributed by atoms with Gasteiger partial charge in [0.2, 0.25) is 0 Å². The lowest BCUT2D eigenvalue weighted by Crippen LogP contribution is -1.89. The lowest BCUT2D eigenvalue weighted by molar-refractivity contribution is 1.45. The van der Waals surface area contributed by atoms with Gasteiger partial charge < -0.3 is 0 Å². The number of hydrogen-bond donors (Lipinski definition) is 0. The van der Waals surface area contributed by atoms with E-state index in [0.717, 1.165) is 21.5 Å². The molecule has 0 fully saturated rings. The molecule has 3 rings (SSSR count). The van der Waals surface area contributed by atoms with E-state index in [9.17, 15) is 5.26 Å². The molecule has 0 heterocycles. The molecule has 3 aromatic rings. The minimum Gasteiger partial charge on any atom is -0.192 e. The van der Waals surface area contributed by atoms with E-state index in [4.69, 9.17) is 10.5 Å². The molecule has 0 aliphatic heterocycles. The van der Waals surface area contributed by atoms with Crippen LogP contribution in [-0.4, -0.2) is 0 Å². The van der Waals surface area contributed by atoms with E-state index in [0.29, 0.717) is 5.56 Å². The Morgan fingerprint density at radius 3 is 1.95 bits per heavy atom. The third-order valence-electron chi connectivity index (χ3n) is 3.60. The summed E-state index contributed by atoms with van der Waals surface area (Å²) in [5.74, 6) is 0. The molecule has 0 atom stereocenters. The summed E-state index contributed by atoms with van der Waals surface area (Å²) >= 11 is 0. The second-order valence-corrected chi connectivity index (χ2v) is 4.81. The molecule has 100 valence electrons. The van der Waals surface area contributed by atoms with Gasteiger partial charge in [0.1, 0.15) is 23.8 Å². The van der Waals surface area contributed by atoms with Gasteiger partial charge in [0, 0.05) is 5.56 Å². The summed E-state index contributed by atoms with van der Waals surface area (Å²) in [7, 11) is 0. The van der Waals surface area contributed by atoms with Gasteiger partial charge in [-0.15, -0.1) is 0 Å². The molecule has 22 heavy (non-hydrogen) atoms. The van der Waals surface area contributed by atoms with Crippen LogP contribution >= 0.6 is 0 Å². The predicted octanol–water partition coefficient (Wildman–Crippen LogP) is 4.32. The Hall–Kier alpha value is -3.61. The summed E-state index contributed by atoms with van der Waals surface area (Å²) in [6, 6.07) is 23.1. The van der Waals surface area contributed by atoms with E-state index in [1.54, 1.807) is 18.2 Å². The maximum atomic E-state index is 9.37. The highest BCUT2D eigenvalue weighted by molar-refractivity contribution is 6.05. The van der Waals surface area contributed by atoms with Crippen LogP contribution in [0.15, 0.2) is 60.2 Å². The number of benzene rings is 3. The van der Waals surface area contributed by atoms with Crippen LogP contribution in [0.5, 0.6) is 0 Å². The average molecular weight is 279 g/mol. The zero-order valence-corrected chi connectivity index (χ0v) is 11.5. The number of hydrogen-bond acceptors (Lipinski definition) is 3. The molecular formula is C19H9N3. The zero-order chi connectivity index (χ0) is 15.5. The van der Waals surface area contributed by atoms with Crippen molar-refractivity contribution in [1.29, 1.82) is 15.8 Å². The second-order valence-electron chi connectivity index (χ2n) is 4.81. The Kier molecular flexibility index (Phi) is 3.29. The molecule has 0 saturated heterocycles.